The van der Waals surface area contributed by atoms with Gasteiger partial charge in [0.2, 0.25) is 10.0 Å². The highest BCUT2D eigenvalue weighted by atomic mass is 32.2. The second-order valence-electron chi connectivity index (χ2n) is 4.78. The maximum Gasteiger partial charge on any atom is 0.337 e. The highest BCUT2D eigenvalue weighted by molar-refractivity contribution is 7.88. The normalized spacial score (nSPS) is 18.1. The van der Waals surface area contributed by atoms with Crippen molar-refractivity contribution in [2.24, 2.45) is 0 Å². The summed E-state index contributed by atoms with van der Waals surface area (Å²) in [7, 11) is -3.11. The standard InChI is InChI=1S/C12H17N3O4S/c1-20(18,19)15-6-4-14(5-7-15)9-11-3-2-10(8-13-11)12(16)17/h2-3,8H,4-7,9H2,1H3,(H,16,17). The van der Waals surface area contributed by atoms with E-state index >= 15 is 0 Å². The van der Waals surface area contributed by atoms with E-state index in [1.807, 2.05) is 0 Å². The third-order valence-electron chi connectivity index (χ3n) is 3.26. The molecule has 8 heteroatoms. The van der Waals surface area contributed by atoms with Crippen LogP contribution in [0.4, 0.5) is 0 Å². The van der Waals surface area contributed by atoms with Gasteiger partial charge < -0.3 is 5.11 Å². The second-order valence-corrected chi connectivity index (χ2v) is 6.76. The molecule has 110 valence electrons. The highest BCUT2D eigenvalue weighted by Gasteiger charge is 2.23. The van der Waals surface area contributed by atoms with Gasteiger partial charge in [-0.3, -0.25) is 9.88 Å². The summed E-state index contributed by atoms with van der Waals surface area (Å²) in [5, 5.41) is 8.79. The number of nitrogens with zero attached hydrogens (tertiary/aromatic N) is 3. The number of rotatable bonds is 4. The summed E-state index contributed by atoms with van der Waals surface area (Å²) in [5.41, 5.74) is 0.943. The molecular weight excluding hydrogens is 282 g/mol. The average Bonchev–Trinajstić information content (AvgIpc) is 2.39. The van der Waals surface area contributed by atoms with Gasteiger partial charge in [-0.05, 0) is 12.1 Å². The molecule has 1 saturated heterocycles. The number of piperazine rings is 1. The molecule has 2 heterocycles. The lowest BCUT2D eigenvalue weighted by molar-refractivity contribution is 0.0696. The second kappa shape index (κ2) is 5.86. The molecule has 0 unspecified atom stereocenters. The van der Waals surface area contributed by atoms with E-state index in [-0.39, 0.29) is 5.56 Å². The third-order valence-corrected chi connectivity index (χ3v) is 4.56. The van der Waals surface area contributed by atoms with Crippen molar-refractivity contribution in [3.63, 3.8) is 0 Å². The molecule has 2 rings (SSSR count). The maximum atomic E-state index is 11.4. The molecule has 1 fully saturated rings. The molecule has 0 aliphatic carbocycles. The van der Waals surface area contributed by atoms with Crippen LogP contribution in [0.25, 0.3) is 0 Å². The van der Waals surface area contributed by atoms with E-state index in [2.05, 4.69) is 9.88 Å². The average molecular weight is 299 g/mol. The molecule has 7 nitrogen and oxygen atoms in total. The predicted molar refractivity (Wildman–Crippen MR) is 72.9 cm³/mol. The van der Waals surface area contributed by atoms with Crippen LogP contribution in [0.2, 0.25) is 0 Å². The van der Waals surface area contributed by atoms with Gasteiger partial charge in [-0.1, -0.05) is 0 Å². The topological polar surface area (TPSA) is 90.8 Å². The first-order valence-electron chi connectivity index (χ1n) is 6.22. The number of carboxylic acid groups (broad SMARTS) is 1. The first kappa shape index (κ1) is 14.9. The number of sulfonamides is 1. The van der Waals surface area contributed by atoms with Crippen LogP contribution in [0.5, 0.6) is 0 Å². The number of pyridine rings is 1. The molecule has 0 saturated carbocycles. The number of aromatic nitrogens is 1. The van der Waals surface area contributed by atoms with Crippen LogP contribution >= 0.6 is 0 Å². The zero-order valence-corrected chi connectivity index (χ0v) is 12.0. The summed E-state index contributed by atoms with van der Waals surface area (Å²) in [6.07, 6.45) is 2.55. The zero-order chi connectivity index (χ0) is 14.8. The van der Waals surface area contributed by atoms with Gasteiger partial charge in [-0.2, -0.15) is 4.31 Å². The van der Waals surface area contributed by atoms with E-state index < -0.39 is 16.0 Å². The van der Waals surface area contributed by atoms with Crippen molar-refractivity contribution in [1.29, 1.82) is 0 Å². The fourth-order valence-corrected chi connectivity index (χ4v) is 2.92. The lowest BCUT2D eigenvalue weighted by Gasteiger charge is -2.32. The van der Waals surface area contributed by atoms with Crippen molar-refractivity contribution in [3.05, 3.63) is 29.6 Å². The summed E-state index contributed by atoms with van der Waals surface area (Å²) in [5.74, 6) is -0.995. The molecule has 0 aromatic carbocycles. The lowest BCUT2D eigenvalue weighted by Crippen LogP contribution is -2.47. The van der Waals surface area contributed by atoms with Crippen LogP contribution in [-0.2, 0) is 16.6 Å². The van der Waals surface area contributed by atoms with Crippen molar-refractivity contribution in [2.75, 3.05) is 32.4 Å². The first-order chi connectivity index (χ1) is 9.36. The van der Waals surface area contributed by atoms with Crippen LogP contribution in [-0.4, -0.2) is 66.1 Å². The lowest BCUT2D eigenvalue weighted by atomic mass is 10.2. The summed E-state index contributed by atoms with van der Waals surface area (Å²) in [6, 6.07) is 3.21. The molecule has 1 aromatic heterocycles. The Morgan fingerprint density at radius 2 is 1.95 bits per heavy atom. The molecule has 0 bridgehead atoms. The van der Waals surface area contributed by atoms with Crippen LogP contribution in [0.1, 0.15) is 16.1 Å². The van der Waals surface area contributed by atoms with E-state index in [4.69, 9.17) is 5.11 Å². The fraction of sp³-hybridized carbons (Fsp3) is 0.500. The van der Waals surface area contributed by atoms with Gasteiger partial charge in [-0.15, -0.1) is 0 Å². The molecule has 0 spiro atoms. The number of hydrogen-bond acceptors (Lipinski definition) is 5. The smallest absolute Gasteiger partial charge is 0.337 e. The van der Waals surface area contributed by atoms with Crippen molar-refractivity contribution >= 4 is 16.0 Å². The summed E-state index contributed by atoms with van der Waals surface area (Å²) < 4.78 is 24.2. The molecule has 0 amide bonds. The molecule has 0 atom stereocenters. The summed E-state index contributed by atoms with van der Waals surface area (Å²) in [4.78, 5) is 16.9. The minimum absolute atomic E-state index is 0.163. The molecule has 1 aliphatic rings. The largest absolute Gasteiger partial charge is 0.478 e. The van der Waals surface area contributed by atoms with Gasteiger partial charge in [0.25, 0.3) is 0 Å². The Balaban J connectivity index is 1.91. The Morgan fingerprint density at radius 3 is 2.40 bits per heavy atom. The highest BCUT2D eigenvalue weighted by Crippen LogP contribution is 2.09. The summed E-state index contributed by atoms with van der Waals surface area (Å²) >= 11 is 0. The van der Waals surface area contributed by atoms with Gasteiger partial charge in [0.15, 0.2) is 0 Å². The molecule has 1 aromatic rings. The van der Waals surface area contributed by atoms with Crippen molar-refractivity contribution in [1.82, 2.24) is 14.2 Å². The number of carboxylic acids is 1. The van der Waals surface area contributed by atoms with Crippen LogP contribution in [0.15, 0.2) is 18.3 Å². The van der Waals surface area contributed by atoms with Crippen LogP contribution < -0.4 is 0 Å². The van der Waals surface area contributed by atoms with Crippen molar-refractivity contribution in [3.8, 4) is 0 Å². The molecule has 20 heavy (non-hydrogen) atoms. The van der Waals surface area contributed by atoms with E-state index in [9.17, 15) is 13.2 Å². The molecule has 0 radical (unpaired) electrons. The van der Waals surface area contributed by atoms with E-state index in [1.165, 1.54) is 22.8 Å². The van der Waals surface area contributed by atoms with E-state index in [0.29, 0.717) is 32.7 Å². The number of hydrogen-bond donors (Lipinski definition) is 1. The van der Waals surface area contributed by atoms with E-state index in [1.54, 1.807) is 6.07 Å². The SMILES string of the molecule is CS(=O)(=O)N1CCN(Cc2ccc(C(=O)O)cn2)CC1. The Labute approximate surface area is 117 Å². The van der Waals surface area contributed by atoms with Gasteiger partial charge in [0, 0.05) is 38.9 Å². The number of carbonyl (C=O) groups is 1. The van der Waals surface area contributed by atoms with Gasteiger partial charge >= 0.3 is 5.97 Å². The maximum absolute atomic E-state index is 11.4. The van der Waals surface area contributed by atoms with Crippen molar-refractivity contribution < 1.29 is 18.3 Å². The predicted octanol–water partition coefficient (Wildman–Crippen LogP) is -0.143. The quantitative estimate of drug-likeness (QED) is 0.832. The van der Waals surface area contributed by atoms with Crippen molar-refractivity contribution in [2.45, 2.75) is 6.54 Å². The fourth-order valence-electron chi connectivity index (χ4n) is 2.09. The first-order valence-corrected chi connectivity index (χ1v) is 8.07. The van der Waals surface area contributed by atoms with Gasteiger partial charge in [-0.25, -0.2) is 13.2 Å². The zero-order valence-electron chi connectivity index (χ0n) is 11.2. The van der Waals surface area contributed by atoms with Gasteiger partial charge in [0.1, 0.15) is 0 Å². The Bertz CT molecular complexity index is 577. The minimum atomic E-state index is -3.11. The summed E-state index contributed by atoms with van der Waals surface area (Å²) in [6.45, 7) is 2.85. The Kier molecular flexibility index (Phi) is 4.36. The molecular formula is C12H17N3O4S. The molecule has 1 aliphatic heterocycles. The minimum Gasteiger partial charge on any atom is -0.478 e. The third kappa shape index (κ3) is 3.75. The van der Waals surface area contributed by atoms with E-state index in [0.717, 1.165) is 5.69 Å². The van der Waals surface area contributed by atoms with Crippen LogP contribution in [0, 0.1) is 0 Å². The number of aromatic carboxylic acids is 1. The van der Waals surface area contributed by atoms with Crippen LogP contribution in [0.3, 0.4) is 0 Å². The Hall–Kier alpha value is -1.51. The Morgan fingerprint density at radius 1 is 1.30 bits per heavy atom. The molecule has 1 N–H and O–H groups in total. The van der Waals surface area contributed by atoms with Gasteiger partial charge in [0.05, 0.1) is 17.5 Å². The monoisotopic (exact) mass is 299 g/mol.